The SMILES string of the molecule is CCCCCC[C@](C)(O)[C@H]1CCC2[C@H]3C[C@H](O)C4C[C@@H](O)CC[C@]4(C)C3CC[C@@]21C. The van der Waals surface area contributed by atoms with Crippen LogP contribution in [0.3, 0.4) is 0 Å². The Labute approximate surface area is 185 Å². The fraction of sp³-hybridized carbons (Fsp3) is 1.00. The van der Waals surface area contributed by atoms with Gasteiger partial charge in [0.25, 0.3) is 0 Å². The highest BCUT2D eigenvalue weighted by atomic mass is 16.3. The normalized spacial score (nSPS) is 50.3. The van der Waals surface area contributed by atoms with Crippen LogP contribution in [0, 0.1) is 40.4 Å². The van der Waals surface area contributed by atoms with Gasteiger partial charge < -0.3 is 15.3 Å². The Bertz CT molecular complexity index is 603. The second-order valence-electron chi connectivity index (χ2n) is 12.6. The molecule has 4 fully saturated rings. The van der Waals surface area contributed by atoms with Crippen LogP contribution in [-0.2, 0) is 0 Å². The molecular formula is C27H48O3. The van der Waals surface area contributed by atoms with E-state index in [-0.39, 0.29) is 29.0 Å². The summed E-state index contributed by atoms with van der Waals surface area (Å²) in [5, 5.41) is 33.0. The van der Waals surface area contributed by atoms with E-state index in [4.69, 9.17) is 0 Å². The van der Waals surface area contributed by atoms with Crippen molar-refractivity contribution in [3.8, 4) is 0 Å². The van der Waals surface area contributed by atoms with Crippen molar-refractivity contribution in [3.63, 3.8) is 0 Å². The predicted octanol–water partition coefficient (Wildman–Crippen LogP) is 5.70. The van der Waals surface area contributed by atoms with Crippen LogP contribution in [0.1, 0.15) is 111 Å². The van der Waals surface area contributed by atoms with E-state index in [0.29, 0.717) is 23.7 Å². The third-order valence-electron chi connectivity index (χ3n) is 10.9. The van der Waals surface area contributed by atoms with Gasteiger partial charge in [0.2, 0.25) is 0 Å². The minimum absolute atomic E-state index is 0.184. The monoisotopic (exact) mass is 420 g/mol. The molecule has 3 unspecified atom stereocenters. The summed E-state index contributed by atoms with van der Waals surface area (Å²) in [5.74, 6) is 2.59. The van der Waals surface area contributed by atoms with Gasteiger partial charge in [-0.2, -0.15) is 0 Å². The Balaban J connectivity index is 1.52. The van der Waals surface area contributed by atoms with Crippen molar-refractivity contribution in [1.82, 2.24) is 0 Å². The molecule has 0 aliphatic heterocycles. The average molecular weight is 421 g/mol. The number of hydrogen-bond acceptors (Lipinski definition) is 3. The molecule has 3 heteroatoms. The molecule has 0 aromatic rings. The minimum atomic E-state index is -0.557. The third kappa shape index (κ3) is 3.69. The van der Waals surface area contributed by atoms with Gasteiger partial charge in [0.15, 0.2) is 0 Å². The Morgan fingerprint density at radius 3 is 2.27 bits per heavy atom. The molecule has 0 amide bonds. The van der Waals surface area contributed by atoms with E-state index in [2.05, 4.69) is 27.7 Å². The minimum Gasteiger partial charge on any atom is -0.393 e. The molecular weight excluding hydrogens is 372 g/mol. The zero-order valence-corrected chi connectivity index (χ0v) is 20.1. The first-order valence-corrected chi connectivity index (χ1v) is 13.2. The zero-order valence-electron chi connectivity index (χ0n) is 20.1. The van der Waals surface area contributed by atoms with Crippen molar-refractivity contribution < 1.29 is 15.3 Å². The number of fused-ring (bicyclic) bond motifs is 5. The quantitative estimate of drug-likeness (QED) is 0.483. The highest BCUT2D eigenvalue weighted by Crippen LogP contribution is 2.68. The van der Waals surface area contributed by atoms with Gasteiger partial charge in [-0.25, -0.2) is 0 Å². The lowest BCUT2D eigenvalue weighted by atomic mass is 9.43. The summed E-state index contributed by atoms with van der Waals surface area (Å²) in [6.07, 6.45) is 13.9. The maximum Gasteiger partial charge on any atom is 0.0653 e. The van der Waals surface area contributed by atoms with Gasteiger partial charge in [0, 0.05) is 0 Å². The van der Waals surface area contributed by atoms with Crippen molar-refractivity contribution in [2.24, 2.45) is 40.4 Å². The zero-order chi connectivity index (χ0) is 21.7. The van der Waals surface area contributed by atoms with Crippen LogP contribution in [0.15, 0.2) is 0 Å². The van der Waals surface area contributed by atoms with Crippen molar-refractivity contribution in [3.05, 3.63) is 0 Å². The highest BCUT2D eigenvalue weighted by molar-refractivity contribution is 5.13. The summed E-state index contributed by atoms with van der Waals surface area (Å²) in [7, 11) is 0. The van der Waals surface area contributed by atoms with Gasteiger partial charge >= 0.3 is 0 Å². The smallest absolute Gasteiger partial charge is 0.0653 e. The molecule has 4 rings (SSSR count). The van der Waals surface area contributed by atoms with Crippen molar-refractivity contribution in [2.45, 2.75) is 129 Å². The lowest BCUT2D eigenvalue weighted by molar-refractivity contribution is -0.179. The Hall–Kier alpha value is -0.120. The van der Waals surface area contributed by atoms with Crippen LogP contribution in [0.25, 0.3) is 0 Å². The van der Waals surface area contributed by atoms with E-state index < -0.39 is 5.60 Å². The lowest BCUT2D eigenvalue weighted by Crippen LogP contribution is -2.59. The van der Waals surface area contributed by atoms with Crippen molar-refractivity contribution in [2.75, 3.05) is 0 Å². The second kappa shape index (κ2) is 8.34. The van der Waals surface area contributed by atoms with E-state index >= 15 is 0 Å². The summed E-state index contributed by atoms with van der Waals surface area (Å²) in [6, 6.07) is 0. The molecule has 0 heterocycles. The van der Waals surface area contributed by atoms with Gasteiger partial charge in [-0.05, 0) is 105 Å². The summed E-state index contributed by atoms with van der Waals surface area (Å²) in [5.41, 5.74) is -0.158. The molecule has 3 nitrogen and oxygen atoms in total. The number of rotatable bonds is 6. The topological polar surface area (TPSA) is 60.7 Å². The Kier molecular flexibility index (Phi) is 6.41. The standard InChI is InChI=1S/C27H48O3/c1-5-6-7-8-13-27(4,30)24-10-9-20-19-17-23(29)22-16-18(28)11-14-25(22,2)21(19)12-15-26(20,24)3/h18-24,28-30H,5-17H2,1-4H3/t18-,19+,20?,21?,22?,23-,24-,25+,26-,27-/m0/s1. The van der Waals surface area contributed by atoms with Crippen LogP contribution in [0.2, 0.25) is 0 Å². The fourth-order valence-electron chi connectivity index (χ4n) is 9.38. The average Bonchev–Trinajstić information content (AvgIpc) is 3.05. The van der Waals surface area contributed by atoms with Crippen LogP contribution < -0.4 is 0 Å². The highest BCUT2D eigenvalue weighted by Gasteiger charge is 2.63. The number of unbranched alkanes of at least 4 members (excludes halogenated alkanes) is 3. The summed E-state index contributed by atoms with van der Waals surface area (Å²) in [6.45, 7) is 9.29. The molecule has 4 aliphatic carbocycles. The first-order chi connectivity index (χ1) is 14.1. The molecule has 0 aromatic carbocycles. The summed E-state index contributed by atoms with van der Waals surface area (Å²) >= 11 is 0. The number of aliphatic hydroxyl groups excluding tert-OH is 2. The molecule has 0 radical (unpaired) electrons. The van der Waals surface area contributed by atoms with E-state index in [1.165, 1.54) is 38.5 Å². The van der Waals surface area contributed by atoms with Gasteiger partial charge in [-0.1, -0.05) is 46.5 Å². The van der Waals surface area contributed by atoms with Crippen molar-refractivity contribution in [1.29, 1.82) is 0 Å². The fourth-order valence-corrected chi connectivity index (χ4v) is 9.38. The predicted molar refractivity (Wildman–Crippen MR) is 122 cm³/mol. The van der Waals surface area contributed by atoms with Gasteiger partial charge in [-0.15, -0.1) is 0 Å². The molecule has 0 bridgehead atoms. The lowest BCUT2D eigenvalue weighted by Gasteiger charge is -2.62. The molecule has 4 aliphatic rings. The Morgan fingerprint density at radius 1 is 0.833 bits per heavy atom. The molecule has 174 valence electrons. The first-order valence-electron chi connectivity index (χ1n) is 13.2. The molecule has 3 N–H and O–H groups in total. The van der Waals surface area contributed by atoms with Gasteiger partial charge in [0.1, 0.15) is 0 Å². The van der Waals surface area contributed by atoms with Gasteiger partial charge in [0.05, 0.1) is 17.8 Å². The van der Waals surface area contributed by atoms with Crippen LogP contribution >= 0.6 is 0 Å². The molecule has 30 heavy (non-hydrogen) atoms. The van der Waals surface area contributed by atoms with E-state index in [1.54, 1.807) is 0 Å². The second-order valence-corrected chi connectivity index (χ2v) is 12.6. The van der Waals surface area contributed by atoms with E-state index in [0.717, 1.165) is 44.9 Å². The Morgan fingerprint density at radius 2 is 1.53 bits per heavy atom. The van der Waals surface area contributed by atoms with Crippen LogP contribution in [0.5, 0.6) is 0 Å². The molecule has 4 saturated carbocycles. The van der Waals surface area contributed by atoms with Crippen molar-refractivity contribution >= 4 is 0 Å². The van der Waals surface area contributed by atoms with Crippen LogP contribution in [0.4, 0.5) is 0 Å². The maximum atomic E-state index is 11.6. The maximum absolute atomic E-state index is 11.6. The molecule has 10 atom stereocenters. The van der Waals surface area contributed by atoms with E-state index in [1.807, 2.05) is 0 Å². The molecule has 0 aromatic heterocycles. The molecule has 0 spiro atoms. The summed E-state index contributed by atoms with van der Waals surface area (Å²) < 4.78 is 0. The number of aliphatic hydroxyl groups is 3. The van der Waals surface area contributed by atoms with Crippen LogP contribution in [-0.4, -0.2) is 33.1 Å². The molecule has 0 saturated heterocycles. The summed E-state index contributed by atoms with van der Waals surface area (Å²) in [4.78, 5) is 0. The van der Waals surface area contributed by atoms with Gasteiger partial charge in [-0.3, -0.25) is 0 Å². The number of hydrogen-bond donors (Lipinski definition) is 3. The first kappa shape index (κ1) is 23.1. The largest absolute Gasteiger partial charge is 0.393 e. The van der Waals surface area contributed by atoms with E-state index in [9.17, 15) is 15.3 Å². The third-order valence-corrected chi connectivity index (χ3v) is 10.9.